The van der Waals surface area contributed by atoms with Crippen LogP contribution in [0.25, 0.3) is 0 Å². The van der Waals surface area contributed by atoms with Gasteiger partial charge in [-0.1, -0.05) is 54.6 Å². The Morgan fingerprint density at radius 3 is 1.91 bits per heavy atom. The van der Waals surface area contributed by atoms with Crippen LogP contribution in [0.15, 0.2) is 78.9 Å². The molecule has 162 valence electrons. The number of imide groups is 1. The van der Waals surface area contributed by atoms with Crippen molar-refractivity contribution in [1.29, 1.82) is 0 Å². The van der Waals surface area contributed by atoms with Crippen molar-refractivity contribution in [2.75, 3.05) is 4.90 Å². The van der Waals surface area contributed by atoms with Gasteiger partial charge in [-0.2, -0.15) is 0 Å². The summed E-state index contributed by atoms with van der Waals surface area (Å²) in [6, 6.07) is 20.0. The molecule has 3 aromatic carbocycles. The van der Waals surface area contributed by atoms with Crippen molar-refractivity contribution in [2.45, 2.75) is 11.7 Å². The fraction of sp³-hybridized carbons (Fsp3) is 0.154. The number of nitrogens with zero attached hydrogens (tertiary/aromatic N) is 1. The van der Waals surface area contributed by atoms with Gasteiger partial charge in [-0.15, -0.1) is 0 Å². The summed E-state index contributed by atoms with van der Waals surface area (Å²) in [5, 5.41) is 0. The van der Waals surface area contributed by atoms with Crippen molar-refractivity contribution in [2.24, 2.45) is 11.8 Å². The second kappa shape index (κ2) is 6.76. The molecule has 3 atom stereocenters. The lowest BCUT2D eigenvalue weighted by Gasteiger charge is -2.27. The number of carbonyl (C=O) groups is 4. The summed E-state index contributed by atoms with van der Waals surface area (Å²) in [5.41, 5.74) is -0.997. The summed E-state index contributed by atoms with van der Waals surface area (Å²) in [4.78, 5) is 55.5. The van der Waals surface area contributed by atoms with Gasteiger partial charge in [0.1, 0.15) is 5.82 Å². The number of anilines is 1. The maximum absolute atomic E-state index is 13.7. The quantitative estimate of drug-likeness (QED) is 0.449. The molecule has 0 bridgehead atoms. The largest absolute Gasteiger partial charge is 0.349 e. The number of ether oxygens (including phenoxy) is 1. The van der Waals surface area contributed by atoms with E-state index in [1.807, 2.05) is 0 Å². The third-order valence-electron chi connectivity index (χ3n) is 6.73. The smallest absolute Gasteiger partial charge is 0.241 e. The van der Waals surface area contributed by atoms with Crippen LogP contribution in [0.5, 0.6) is 0 Å². The lowest BCUT2D eigenvalue weighted by atomic mass is 9.77. The molecule has 1 spiro atoms. The molecule has 0 saturated carbocycles. The highest BCUT2D eigenvalue weighted by Crippen LogP contribution is 2.57. The Morgan fingerprint density at radius 1 is 0.727 bits per heavy atom. The monoisotopic (exact) mass is 441 g/mol. The van der Waals surface area contributed by atoms with Crippen molar-refractivity contribution < 1.29 is 28.3 Å². The number of fused-ring (bicyclic) bond motifs is 3. The second-order valence-corrected chi connectivity index (χ2v) is 8.38. The molecule has 6 rings (SSSR count). The Bertz CT molecular complexity index is 1320. The van der Waals surface area contributed by atoms with E-state index in [1.165, 1.54) is 24.3 Å². The molecule has 33 heavy (non-hydrogen) atoms. The first-order valence-electron chi connectivity index (χ1n) is 10.5. The SMILES string of the molecule is O=C1[C@@H]2[C@H](c3ccccc3)OC3(C(=O)c4ccccc4C3=O)[C@H]2C(=O)N1c1ccc(F)cc1. The third kappa shape index (κ3) is 2.45. The lowest BCUT2D eigenvalue weighted by Crippen LogP contribution is -2.51. The molecule has 6 nitrogen and oxygen atoms in total. The van der Waals surface area contributed by atoms with Crippen molar-refractivity contribution in [3.8, 4) is 0 Å². The zero-order chi connectivity index (χ0) is 22.9. The zero-order valence-corrected chi connectivity index (χ0v) is 17.1. The number of hydrogen-bond donors (Lipinski definition) is 0. The number of carbonyl (C=O) groups excluding carboxylic acids is 4. The summed E-state index contributed by atoms with van der Waals surface area (Å²) in [5.74, 6) is -5.43. The number of hydrogen-bond acceptors (Lipinski definition) is 5. The topological polar surface area (TPSA) is 80.8 Å². The predicted molar refractivity (Wildman–Crippen MR) is 114 cm³/mol. The lowest BCUT2D eigenvalue weighted by molar-refractivity contribution is -0.127. The van der Waals surface area contributed by atoms with Crippen LogP contribution < -0.4 is 4.90 Å². The van der Waals surface area contributed by atoms with Gasteiger partial charge in [-0.05, 0) is 29.8 Å². The number of ketones is 2. The van der Waals surface area contributed by atoms with E-state index in [0.717, 1.165) is 17.0 Å². The van der Waals surface area contributed by atoms with Crippen molar-refractivity contribution >= 4 is 29.1 Å². The molecule has 2 fully saturated rings. The number of halogens is 1. The van der Waals surface area contributed by atoms with Gasteiger partial charge in [-0.25, -0.2) is 9.29 Å². The molecular formula is C26H16FNO5. The summed E-state index contributed by atoms with van der Waals surface area (Å²) < 4.78 is 19.7. The average Bonchev–Trinajstić information content (AvgIpc) is 3.41. The van der Waals surface area contributed by atoms with Gasteiger partial charge in [0.05, 0.1) is 23.6 Å². The highest BCUT2D eigenvalue weighted by molar-refractivity contribution is 6.37. The molecule has 7 heteroatoms. The molecule has 0 unspecified atom stereocenters. The molecule has 0 aromatic heterocycles. The summed E-state index contributed by atoms with van der Waals surface area (Å²) in [7, 11) is 0. The first-order chi connectivity index (χ1) is 15.9. The van der Waals surface area contributed by atoms with Crippen molar-refractivity contribution in [3.63, 3.8) is 0 Å². The molecule has 3 aromatic rings. The van der Waals surface area contributed by atoms with Gasteiger partial charge in [0.25, 0.3) is 0 Å². The Morgan fingerprint density at radius 2 is 1.30 bits per heavy atom. The van der Waals surface area contributed by atoms with E-state index in [1.54, 1.807) is 42.5 Å². The standard InChI is InChI=1S/C26H16FNO5/c27-15-10-12-16(13-11-15)28-24(31)19-20(25(28)32)26(33-21(19)14-6-2-1-3-7-14)22(29)17-8-4-5-9-18(17)23(26)30/h1-13,19-21H/t19-,20+,21-/m0/s1. The number of amides is 2. The van der Waals surface area contributed by atoms with E-state index < -0.39 is 52.7 Å². The summed E-state index contributed by atoms with van der Waals surface area (Å²) >= 11 is 0. The van der Waals surface area contributed by atoms with Crippen LogP contribution in [-0.2, 0) is 14.3 Å². The minimum atomic E-state index is -2.11. The Balaban J connectivity index is 1.55. The van der Waals surface area contributed by atoms with Crippen LogP contribution in [0.1, 0.15) is 32.4 Å². The highest BCUT2D eigenvalue weighted by atomic mass is 19.1. The predicted octanol–water partition coefficient (Wildman–Crippen LogP) is 3.52. The fourth-order valence-electron chi connectivity index (χ4n) is 5.31. The molecule has 2 heterocycles. The van der Waals surface area contributed by atoms with Crippen LogP contribution in [0.4, 0.5) is 10.1 Å². The van der Waals surface area contributed by atoms with E-state index in [2.05, 4.69) is 0 Å². The maximum Gasteiger partial charge on any atom is 0.241 e. The first kappa shape index (κ1) is 19.7. The van der Waals surface area contributed by atoms with Crippen LogP contribution in [0.3, 0.4) is 0 Å². The van der Waals surface area contributed by atoms with E-state index >= 15 is 0 Å². The van der Waals surface area contributed by atoms with E-state index in [-0.39, 0.29) is 16.8 Å². The normalized spacial score (nSPS) is 25.1. The van der Waals surface area contributed by atoms with Crippen LogP contribution in [0, 0.1) is 17.7 Å². The van der Waals surface area contributed by atoms with Crippen LogP contribution in [0.2, 0.25) is 0 Å². The van der Waals surface area contributed by atoms with E-state index in [4.69, 9.17) is 4.74 Å². The zero-order valence-electron chi connectivity index (χ0n) is 17.1. The Labute approximate surface area is 187 Å². The van der Waals surface area contributed by atoms with Gasteiger partial charge < -0.3 is 4.74 Å². The first-order valence-corrected chi connectivity index (χ1v) is 10.5. The fourth-order valence-corrected chi connectivity index (χ4v) is 5.31. The number of rotatable bonds is 2. The number of Topliss-reactive ketones (excluding diaryl/α,β-unsaturated/α-hetero) is 2. The van der Waals surface area contributed by atoms with Gasteiger partial charge in [0.2, 0.25) is 29.0 Å². The summed E-state index contributed by atoms with van der Waals surface area (Å²) in [6.45, 7) is 0. The minimum Gasteiger partial charge on any atom is -0.349 e. The molecule has 0 radical (unpaired) electrons. The van der Waals surface area contributed by atoms with Crippen LogP contribution in [-0.4, -0.2) is 29.0 Å². The van der Waals surface area contributed by atoms with Crippen molar-refractivity contribution in [1.82, 2.24) is 0 Å². The molecule has 0 N–H and O–H groups in total. The van der Waals surface area contributed by atoms with E-state index in [9.17, 15) is 23.6 Å². The second-order valence-electron chi connectivity index (χ2n) is 8.38. The Kier molecular flexibility index (Phi) is 4.04. The number of benzene rings is 3. The molecule has 2 aliphatic heterocycles. The molecule has 2 saturated heterocycles. The van der Waals surface area contributed by atoms with Gasteiger partial charge in [0, 0.05) is 11.1 Å². The van der Waals surface area contributed by atoms with E-state index in [0.29, 0.717) is 5.56 Å². The molecule has 1 aliphatic carbocycles. The average molecular weight is 441 g/mol. The van der Waals surface area contributed by atoms with Crippen molar-refractivity contribution in [3.05, 3.63) is 101 Å². The highest BCUT2D eigenvalue weighted by Gasteiger charge is 2.74. The Hall–Kier alpha value is -3.97. The minimum absolute atomic E-state index is 0.176. The van der Waals surface area contributed by atoms with Gasteiger partial charge in [0.15, 0.2) is 0 Å². The van der Waals surface area contributed by atoms with Gasteiger partial charge in [-0.3, -0.25) is 19.2 Å². The third-order valence-corrected chi connectivity index (χ3v) is 6.73. The molecular weight excluding hydrogens is 425 g/mol. The molecule has 2 amide bonds. The molecule has 3 aliphatic rings. The van der Waals surface area contributed by atoms with Gasteiger partial charge >= 0.3 is 0 Å². The summed E-state index contributed by atoms with van der Waals surface area (Å²) in [6.07, 6.45) is -0.972. The maximum atomic E-state index is 13.7. The van der Waals surface area contributed by atoms with Crippen LogP contribution >= 0.6 is 0 Å².